The Morgan fingerprint density at radius 3 is 2.00 bits per heavy atom. The summed E-state index contributed by atoms with van der Waals surface area (Å²) in [7, 11) is 0. The van der Waals surface area contributed by atoms with Crippen molar-refractivity contribution in [3.8, 4) is 0 Å². The summed E-state index contributed by atoms with van der Waals surface area (Å²) >= 11 is 0. The Labute approximate surface area is 135 Å². The SMILES string of the molecule is CC(C)CC1=NC(C(F)(F)F)(C(F)(F)F)N=C(N2CCCCC2)O1. The molecule has 2 aliphatic heterocycles. The highest BCUT2D eigenvalue weighted by Crippen LogP contribution is 2.48. The van der Waals surface area contributed by atoms with Crippen LogP contribution < -0.4 is 0 Å². The van der Waals surface area contributed by atoms with Crippen LogP contribution in [0.2, 0.25) is 0 Å². The number of hydrogen-bond acceptors (Lipinski definition) is 4. The third-order valence-corrected chi connectivity index (χ3v) is 3.75. The quantitative estimate of drug-likeness (QED) is 0.696. The fourth-order valence-electron chi connectivity index (χ4n) is 2.57. The predicted molar refractivity (Wildman–Crippen MR) is 75.7 cm³/mol. The normalized spacial score (nSPS) is 22.1. The number of ether oxygens (including phenoxy) is 1. The highest BCUT2D eigenvalue weighted by Gasteiger charge is 2.74. The lowest BCUT2D eigenvalue weighted by Gasteiger charge is -2.37. The number of likely N-dealkylation sites (tertiary alicyclic amines) is 1. The van der Waals surface area contributed by atoms with Gasteiger partial charge in [0, 0.05) is 19.5 Å². The fourth-order valence-corrected chi connectivity index (χ4v) is 2.57. The number of hydrogen-bond donors (Lipinski definition) is 0. The van der Waals surface area contributed by atoms with Crippen molar-refractivity contribution < 1.29 is 31.1 Å². The van der Waals surface area contributed by atoms with Crippen LogP contribution in [-0.4, -0.2) is 47.9 Å². The van der Waals surface area contributed by atoms with Crippen molar-refractivity contribution in [1.82, 2.24) is 4.90 Å². The summed E-state index contributed by atoms with van der Waals surface area (Å²) in [5, 5.41) is 0. The minimum atomic E-state index is -5.71. The zero-order valence-electron chi connectivity index (χ0n) is 13.3. The highest BCUT2D eigenvalue weighted by molar-refractivity contribution is 5.93. The molecule has 2 heterocycles. The van der Waals surface area contributed by atoms with E-state index in [9.17, 15) is 26.3 Å². The second kappa shape index (κ2) is 6.44. The molecule has 2 rings (SSSR count). The van der Waals surface area contributed by atoms with Crippen molar-refractivity contribution in [2.75, 3.05) is 13.1 Å². The van der Waals surface area contributed by atoms with Crippen LogP contribution >= 0.6 is 0 Å². The number of amidine groups is 1. The van der Waals surface area contributed by atoms with Crippen LogP contribution in [0.1, 0.15) is 39.5 Å². The minimum absolute atomic E-state index is 0.138. The van der Waals surface area contributed by atoms with Gasteiger partial charge in [-0.1, -0.05) is 13.8 Å². The van der Waals surface area contributed by atoms with Gasteiger partial charge in [-0.05, 0) is 25.2 Å². The van der Waals surface area contributed by atoms with Gasteiger partial charge in [-0.3, -0.25) is 0 Å². The first-order chi connectivity index (χ1) is 11.0. The zero-order valence-corrected chi connectivity index (χ0v) is 13.3. The first-order valence-electron chi connectivity index (χ1n) is 7.71. The summed E-state index contributed by atoms with van der Waals surface area (Å²) in [4.78, 5) is 7.12. The van der Waals surface area contributed by atoms with Gasteiger partial charge in [0.05, 0.1) is 0 Å². The molecule has 138 valence electrons. The van der Waals surface area contributed by atoms with Gasteiger partial charge in [0.15, 0.2) is 5.90 Å². The van der Waals surface area contributed by atoms with Crippen LogP contribution in [-0.2, 0) is 4.74 Å². The summed E-state index contributed by atoms with van der Waals surface area (Å²) in [5.74, 6) is -0.807. The summed E-state index contributed by atoms with van der Waals surface area (Å²) in [6.07, 6.45) is -9.38. The number of alkyl halides is 6. The second-order valence-corrected chi connectivity index (χ2v) is 6.32. The molecule has 4 nitrogen and oxygen atoms in total. The molecule has 0 aromatic rings. The van der Waals surface area contributed by atoms with Crippen molar-refractivity contribution in [2.45, 2.75) is 57.5 Å². The number of nitrogens with zero attached hydrogens (tertiary/aromatic N) is 3. The van der Waals surface area contributed by atoms with Crippen molar-refractivity contribution >= 4 is 11.9 Å². The van der Waals surface area contributed by atoms with Gasteiger partial charge in [-0.25, -0.2) is 4.99 Å². The maximum absolute atomic E-state index is 13.3. The largest absolute Gasteiger partial charge is 0.443 e. The molecule has 0 amide bonds. The van der Waals surface area contributed by atoms with Gasteiger partial charge in [0.2, 0.25) is 0 Å². The molecule has 0 bridgehead atoms. The minimum Gasteiger partial charge on any atom is -0.411 e. The Kier molecular flexibility index (Phi) is 5.06. The molecule has 0 atom stereocenters. The molecule has 24 heavy (non-hydrogen) atoms. The van der Waals surface area contributed by atoms with E-state index >= 15 is 0 Å². The van der Waals surface area contributed by atoms with Gasteiger partial charge in [0.1, 0.15) is 0 Å². The first kappa shape index (κ1) is 18.9. The second-order valence-electron chi connectivity index (χ2n) is 6.32. The third-order valence-electron chi connectivity index (χ3n) is 3.75. The van der Waals surface area contributed by atoms with Gasteiger partial charge in [-0.2, -0.15) is 31.3 Å². The molecule has 10 heteroatoms. The highest BCUT2D eigenvalue weighted by atomic mass is 19.4. The number of rotatable bonds is 2. The van der Waals surface area contributed by atoms with Crippen molar-refractivity contribution in [2.24, 2.45) is 15.9 Å². The van der Waals surface area contributed by atoms with E-state index in [-0.39, 0.29) is 12.3 Å². The summed E-state index contributed by atoms with van der Waals surface area (Å²) < 4.78 is 85.2. The Hall–Kier alpha value is -1.48. The number of piperidine rings is 1. The van der Waals surface area contributed by atoms with Crippen molar-refractivity contribution in [1.29, 1.82) is 0 Å². The molecule has 0 aliphatic carbocycles. The standard InChI is InChI=1S/C14H19F6N3O/c1-9(2)8-10-21-12(13(15,16)17,14(18,19)20)22-11(24-10)23-6-4-3-5-7-23/h9H,3-8H2,1-2H3. The van der Waals surface area contributed by atoms with Crippen LogP contribution in [0.25, 0.3) is 0 Å². The topological polar surface area (TPSA) is 37.2 Å². The van der Waals surface area contributed by atoms with E-state index in [4.69, 9.17) is 4.74 Å². The molecule has 1 fully saturated rings. The Morgan fingerprint density at radius 2 is 1.54 bits per heavy atom. The lowest BCUT2D eigenvalue weighted by molar-refractivity contribution is -0.293. The van der Waals surface area contributed by atoms with Crippen LogP contribution in [0, 0.1) is 5.92 Å². The molecule has 0 aromatic carbocycles. The molecule has 0 saturated carbocycles. The predicted octanol–water partition coefficient (Wildman–Crippen LogP) is 4.12. The van der Waals surface area contributed by atoms with Gasteiger partial charge >= 0.3 is 18.0 Å². The van der Waals surface area contributed by atoms with E-state index in [0.717, 1.165) is 6.42 Å². The van der Waals surface area contributed by atoms with E-state index in [0.29, 0.717) is 25.9 Å². The lowest BCUT2D eigenvalue weighted by Crippen LogP contribution is -2.58. The third kappa shape index (κ3) is 3.61. The first-order valence-corrected chi connectivity index (χ1v) is 7.71. The van der Waals surface area contributed by atoms with Crippen molar-refractivity contribution in [3.05, 3.63) is 0 Å². The van der Waals surface area contributed by atoms with Crippen LogP contribution in [0.4, 0.5) is 26.3 Å². The van der Waals surface area contributed by atoms with Gasteiger partial charge in [-0.15, -0.1) is 0 Å². The van der Waals surface area contributed by atoms with E-state index in [1.54, 1.807) is 13.8 Å². The Bertz CT molecular complexity index is 504. The number of halogens is 6. The molecule has 0 radical (unpaired) electrons. The smallest absolute Gasteiger partial charge is 0.411 e. The fraction of sp³-hybridized carbons (Fsp3) is 0.857. The molecule has 0 unspecified atom stereocenters. The van der Waals surface area contributed by atoms with E-state index in [1.807, 2.05) is 0 Å². The van der Waals surface area contributed by atoms with Crippen LogP contribution in [0.15, 0.2) is 9.98 Å². The average molecular weight is 359 g/mol. The molecule has 2 aliphatic rings. The van der Waals surface area contributed by atoms with Gasteiger partial charge < -0.3 is 9.64 Å². The van der Waals surface area contributed by atoms with E-state index in [2.05, 4.69) is 9.98 Å². The number of aliphatic imine (C=N–C) groups is 2. The maximum atomic E-state index is 13.3. The molecule has 0 aromatic heterocycles. The molecule has 0 N–H and O–H groups in total. The molecular weight excluding hydrogens is 340 g/mol. The van der Waals surface area contributed by atoms with Crippen molar-refractivity contribution in [3.63, 3.8) is 0 Å². The van der Waals surface area contributed by atoms with E-state index in [1.165, 1.54) is 4.90 Å². The maximum Gasteiger partial charge on any atom is 0.443 e. The molecule has 0 spiro atoms. The summed E-state index contributed by atoms with van der Waals surface area (Å²) in [5.41, 5.74) is -4.50. The summed E-state index contributed by atoms with van der Waals surface area (Å²) in [6, 6.07) is -0.644. The Morgan fingerprint density at radius 1 is 1.00 bits per heavy atom. The van der Waals surface area contributed by atoms with Gasteiger partial charge in [0.25, 0.3) is 6.02 Å². The lowest BCUT2D eigenvalue weighted by atomic mass is 10.1. The monoisotopic (exact) mass is 359 g/mol. The van der Waals surface area contributed by atoms with Crippen LogP contribution in [0.5, 0.6) is 0 Å². The average Bonchev–Trinajstić information content (AvgIpc) is 2.44. The molecule has 1 saturated heterocycles. The Balaban J connectivity index is 2.51. The zero-order chi connectivity index (χ0) is 18.2. The summed E-state index contributed by atoms with van der Waals surface area (Å²) in [6.45, 7) is 3.92. The van der Waals surface area contributed by atoms with E-state index < -0.39 is 29.9 Å². The van der Waals surface area contributed by atoms with Crippen LogP contribution in [0.3, 0.4) is 0 Å². The molecular formula is C14H19F6N3O.